The number of nitrogens with one attached hydrogen (secondary N) is 1. The van der Waals surface area contributed by atoms with Crippen LogP contribution in [0.25, 0.3) is 0 Å². The molecule has 0 aliphatic carbocycles. The molecule has 0 aliphatic heterocycles. The summed E-state index contributed by atoms with van der Waals surface area (Å²) in [5, 5.41) is 27.0. The van der Waals surface area contributed by atoms with Gasteiger partial charge in [0.15, 0.2) is 0 Å². The minimum atomic E-state index is 0.0317. The lowest BCUT2D eigenvalue weighted by molar-refractivity contribution is 0.270. The largest absolute Gasteiger partial charge is 0.507 e. The van der Waals surface area contributed by atoms with Gasteiger partial charge in [-0.3, -0.25) is 0 Å². The van der Waals surface area contributed by atoms with Crippen LogP contribution in [0.2, 0.25) is 0 Å². The quantitative estimate of drug-likeness (QED) is 0.697. The number of rotatable bonds is 8. The molecule has 1 aromatic carbocycles. The molecular formula is C17H25N3O3. The first kappa shape index (κ1) is 17.1. The van der Waals surface area contributed by atoms with Gasteiger partial charge in [-0.1, -0.05) is 6.92 Å². The molecule has 0 bridgehead atoms. The second-order valence-electron chi connectivity index (χ2n) is 5.50. The van der Waals surface area contributed by atoms with Gasteiger partial charge in [0.2, 0.25) is 0 Å². The van der Waals surface area contributed by atoms with Crippen molar-refractivity contribution in [3.63, 3.8) is 0 Å². The molecule has 0 atom stereocenters. The number of hydrogen-bond donors (Lipinski definition) is 3. The second kappa shape index (κ2) is 7.87. The van der Waals surface area contributed by atoms with Crippen molar-refractivity contribution in [2.45, 2.75) is 40.3 Å². The maximum Gasteiger partial charge on any atom is 0.127 e. The number of phenols is 1. The van der Waals surface area contributed by atoms with Crippen LogP contribution in [0.4, 0.5) is 5.82 Å². The summed E-state index contributed by atoms with van der Waals surface area (Å²) in [6, 6.07) is 5.34. The number of aromatic hydroxyl groups is 1. The van der Waals surface area contributed by atoms with Crippen LogP contribution in [0.15, 0.2) is 18.2 Å². The van der Waals surface area contributed by atoms with Crippen molar-refractivity contribution in [2.75, 3.05) is 18.5 Å². The molecule has 0 saturated heterocycles. The number of aliphatic hydroxyl groups excluding tert-OH is 1. The predicted molar refractivity (Wildman–Crippen MR) is 90.0 cm³/mol. The fourth-order valence-electron chi connectivity index (χ4n) is 2.33. The van der Waals surface area contributed by atoms with Gasteiger partial charge in [0.05, 0.1) is 25.5 Å². The fraction of sp³-hybridized carbons (Fsp3) is 0.471. The molecule has 0 saturated carbocycles. The molecule has 6 heteroatoms. The second-order valence-corrected chi connectivity index (χ2v) is 5.50. The molecule has 0 aliphatic rings. The first-order chi connectivity index (χ1) is 11.1. The van der Waals surface area contributed by atoms with Crippen LogP contribution in [-0.2, 0) is 13.1 Å². The number of aryl methyl sites for hydroxylation is 1. The Labute approximate surface area is 136 Å². The summed E-state index contributed by atoms with van der Waals surface area (Å²) in [7, 11) is 0. The predicted octanol–water partition coefficient (Wildman–Crippen LogP) is 2.60. The Morgan fingerprint density at radius 1 is 1.30 bits per heavy atom. The third kappa shape index (κ3) is 4.16. The maximum atomic E-state index is 10.1. The van der Waals surface area contributed by atoms with E-state index in [-0.39, 0.29) is 12.4 Å². The van der Waals surface area contributed by atoms with Crippen LogP contribution >= 0.6 is 0 Å². The normalized spacial score (nSPS) is 10.8. The van der Waals surface area contributed by atoms with Gasteiger partial charge in [-0.15, -0.1) is 0 Å². The van der Waals surface area contributed by atoms with Crippen molar-refractivity contribution in [1.29, 1.82) is 0 Å². The van der Waals surface area contributed by atoms with Gasteiger partial charge in [-0.05, 0) is 32.4 Å². The van der Waals surface area contributed by atoms with E-state index in [0.29, 0.717) is 25.4 Å². The van der Waals surface area contributed by atoms with E-state index < -0.39 is 0 Å². The van der Waals surface area contributed by atoms with Gasteiger partial charge in [0.25, 0.3) is 0 Å². The summed E-state index contributed by atoms with van der Waals surface area (Å²) in [4.78, 5) is 0. The Hall–Kier alpha value is -2.21. The van der Waals surface area contributed by atoms with E-state index in [0.717, 1.165) is 29.1 Å². The first-order valence-corrected chi connectivity index (χ1v) is 7.90. The minimum Gasteiger partial charge on any atom is -0.507 e. The third-order valence-corrected chi connectivity index (χ3v) is 3.71. The monoisotopic (exact) mass is 319 g/mol. The molecule has 3 N–H and O–H groups in total. The Bertz CT molecular complexity index is 653. The van der Waals surface area contributed by atoms with E-state index in [1.807, 2.05) is 32.9 Å². The van der Waals surface area contributed by atoms with E-state index in [1.54, 1.807) is 10.7 Å². The molecule has 0 spiro atoms. The van der Waals surface area contributed by atoms with Gasteiger partial charge in [-0.2, -0.15) is 5.10 Å². The van der Waals surface area contributed by atoms with Gasteiger partial charge in [0.1, 0.15) is 17.3 Å². The van der Waals surface area contributed by atoms with Crippen molar-refractivity contribution >= 4 is 5.82 Å². The van der Waals surface area contributed by atoms with E-state index in [4.69, 9.17) is 9.84 Å². The average molecular weight is 319 g/mol. The van der Waals surface area contributed by atoms with Crippen LogP contribution < -0.4 is 10.1 Å². The highest BCUT2D eigenvalue weighted by Gasteiger charge is 2.12. The topological polar surface area (TPSA) is 79.5 Å². The summed E-state index contributed by atoms with van der Waals surface area (Å²) in [6.45, 7) is 7.54. The number of aromatic nitrogens is 2. The summed E-state index contributed by atoms with van der Waals surface area (Å²) < 4.78 is 7.26. The third-order valence-electron chi connectivity index (χ3n) is 3.71. The van der Waals surface area contributed by atoms with Gasteiger partial charge < -0.3 is 20.3 Å². The van der Waals surface area contributed by atoms with Crippen LogP contribution in [0.5, 0.6) is 11.5 Å². The van der Waals surface area contributed by atoms with E-state index in [2.05, 4.69) is 10.4 Å². The highest BCUT2D eigenvalue weighted by Crippen LogP contribution is 2.26. The summed E-state index contributed by atoms with van der Waals surface area (Å²) in [5.74, 6) is 1.74. The number of phenolic OH excluding ortho intramolecular Hbond substituents is 1. The number of hydrogen-bond acceptors (Lipinski definition) is 5. The Morgan fingerprint density at radius 2 is 2.09 bits per heavy atom. The standard InChI is InChI=1S/C17H25N3O3/c1-4-9-23-15-6-5-14(16(22)10-15)11-18-17-12(2)13(3)19-20(17)7-8-21/h5-6,10,18,21-22H,4,7-9,11H2,1-3H3. The fourth-order valence-corrected chi connectivity index (χ4v) is 2.33. The summed E-state index contributed by atoms with van der Waals surface area (Å²) >= 11 is 0. The Morgan fingerprint density at radius 3 is 2.74 bits per heavy atom. The molecular weight excluding hydrogens is 294 g/mol. The molecule has 6 nitrogen and oxygen atoms in total. The molecule has 2 rings (SSSR count). The molecule has 0 fully saturated rings. The number of benzene rings is 1. The highest BCUT2D eigenvalue weighted by molar-refractivity contribution is 5.49. The molecule has 0 amide bonds. The van der Waals surface area contributed by atoms with Crippen LogP contribution in [-0.4, -0.2) is 33.2 Å². The Balaban J connectivity index is 2.09. The number of nitrogens with zero attached hydrogens (tertiary/aromatic N) is 2. The van der Waals surface area contributed by atoms with Crippen molar-refractivity contribution in [1.82, 2.24) is 9.78 Å². The SMILES string of the molecule is CCCOc1ccc(CNc2c(C)c(C)nn2CCO)c(O)c1. The molecule has 23 heavy (non-hydrogen) atoms. The molecule has 0 radical (unpaired) electrons. The number of ether oxygens (including phenoxy) is 1. The lowest BCUT2D eigenvalue weighted by atomic mass is 10.2. The zero-order valence-electron chi connectivity index (χ0n) is 14.0. The maximum absolute atomic E-state index is 10.1. The summed E-state index contributed by atoms with van der Waals surface area (Å²) in [6.07, 6.45) is 0.928. The highest BCUT2D eigenvalue weighted by atomic mass is 16.5. The smallest absolute Gasteiger partial charge is 0.127 e. The Kier molecular flexibility index (Phi) is 5.87. The molecule has 1 heterocycles. The first-order valence-electron chi connectivity index (χ1n) is 7.90. The average Bonchev–Trinajstić information content (AvgIpc) is 2.79. The van der Waals surface area contributed by atoms with E-state index >= 15 is 0 Å². The van der Waals surface area contributed by atoms with Gasteiger partial charge in [0, 0.05) is 23.7 Å². The zero-order chi connectivity index (χ0) is 16.8. The van der Waals surface area contributed by atoms with Crippen LogP contribution in [0, 0.1) is 13.8 Å². The number of aliphatic hydroxyl groups is 1. The van der Waals surface area contributed by atoms with Crippen LogP contribution in [0.1, 0.15) is 30.2 Å². The number of anilines is 1. The zero-order valence-corrected chi connectivity index (χ0v) is 14.0. The lowest BCUT2D eigenvalue weighted by Crippen LogP contribution is -2.11. The van der Waals surface area contributed by atoms with E-state index in [1.165, 1.54) is 0 Å². The van der Waals surface area contributed by atoms with Crippen molar-refractivity contribution in [3.8, 4) is 11.5 Å². The van der Waals surface area contributed by atoms with Crippen molar-refractivity contribution < 1.29 is 14.9 Å². The van der Waals surface area contributed by atoms with Crippen molar-refractivity contribution in [3.05, 3.63) is 35.0 Å². The van der Waals surface area contributed by atoms with Crippen molar-refractivity contribution in [2.24, 2.45) is 0 Å². The van der Waals surface area contributed by atoms with Crippen LogP contribution in [0.3, 0.4) is 0 Å². The molecule has 2 aromatic rings. The lowest BCUT2D eigenvalue weighted by Gasteiger charge is -2.12. The van der Waals surface area contributed by atoms with Gasteiger partial charge >= 0.3 is 0 Å². The van der Waals surface area contributed by atoms with E-state index in [9.17, 15) is 5.11 Å². The summed E-state index contributed by atoms with van der Waals surface area (Å²) in [5.41, 5.74) is 2.75. The van der Waals surface area contributed by atoms with Gasteiger partial charge in [-0.25, -0.2) is 4.68 Å². The molecule has 0 unspecified atom stereocenters. The minimum absolute atomic E-state index is 0.0317. The molecule has 126 valence electrons. The molecule has 1 aromatic heterocycles.